The molecule has 1 aromatic heterocycles. The van der Waals surface area contributed by atoms with Crippen molar-refractivity contribution in [3.8, 4) is 10.4 Å². The van der Waals surface area contributed by atoms with E-state index in [4.69, 9.17) is 0 Å². The van der Waals surface area contributed by atoms with Crippen LogP contribution in [0.3, 0.4) is 0 Å². The predicted octanol–water partition coefficient (Wildman–Crippen LogP) is 9.03. The average molecular weight is 379 g/mol. The minimum atomic E-state index is 1.24. The summed E-state index contributed by atoms with van der Waals surface area (Å²) in [6.07, 6.45) is 15.3. The van der Waals surface area contributed by atoms with E-state index in [2.05, 4.69) is 60.8 Å². The quantitative estimate of drug-likeness (QED) is 0.276. The molecule has 0 amide bonds. The Morgan fingerprint density at radius 2 is 1.33 bits per heavy atom. The number of benzene rings is 2. The molecule has 3 aromatic rings. The van der Waals surface area contributed by atoms with Gasteiger partial charge in [0.05, 0.1) is 0 Å². The summed E-state index contributed by atoms with van der Waals surface area (Å²) in [5.41, 5.74) is 2.87. The molecule has 0 nitrogen and oxygen atoms in total. The van der Waals surface area contributed by atoms with E-state index in [1.54, 1.807) is 0 Å². The van der Waals surface area contributed by atoms with Gasteiger partial charge in [-0.1, -0.05) is 101 Å². The number of fused-ring (bicyclic) bond motifs is 1. The van der Waals surface area contributed by atoms with Gasteiger partial charge in [-0.25, -0.2) is 0 Å². The Morgan fingerprint density at radius 3 is 2.07 bits per heavy atom. The number of thiophene rings is 1. The molecule has 0 bridgehead atoms. The third-order valence-corrected chi connectivity index (χ3v) is 6.53. The molecule has 3 rings (SSSR count). The summed E-state index contributed by atoms with van der Waals surface area (Å²) in [7, 11) is 0. The van der Waals surface area contributed by atoms with Crippen molar-refractivity contribution >= 4 is 22.1 Å². The normalized spacial score (nSPS) is 11.3. The lowest BCUT2D eigenvalue weighted by molar-refractivity contribution is 0.556. The monoisotopic (exact) mass is 378 g/mol. The highest BCUT2D eigenvalue weighted by atomic mass is 32.1. The van der Waals surface area contributed by atoms with Crippen LogP contribution in [-0.4, -0.2) is 0 Å². The van der Waals surface area contributed by atoms with Crippen LogP contribution in [0.1, 0.15) is 76.7 Å². The Hall–Kier alpha value is -1.60. The number of aryl methyl sites for hydroxylation is 1. The summed E-state index contributed by atoms with van der Waals surface area (Å²) in [6.45, 7) is 2.29. The van der Waals surface area contributed by atoms with Gasteiger partial charge in [0.2, 0.25) is 0 Å². The zero-order valence-electron chi connectivity index (χ0n) is 16.9. The lowest BCUT2D eigenvalue weighted by atomic mass is 10.0. The maximum atomic E-state index is 2.41. The molecule has 0 atom stereocenters. The first-order chi connectivity index (χ1) is 13.4. The van der Waals surface area contributed by atoms with Crippen molar-refractivity contribution in [3.63, 3.8) is 0 Å². The summed E-state index contributed by atoms with van der Waals surface area (Å²) >= 11 is 1.89. The van der Waals surface area contributed by atoms with E-state index in [-0.39, 0.29) is 0 Å². The van der Waals surface area contributed by atoms with E-state index in [0.717, 1.165) is 0 Å². The average Bonchev–Trinajstić information content (AvgIpc) is 3.18. The van der Waals surface area contributed by atoms with Crippen molar-refractivity contribution in [3.05, 3.63) is 59.5 Å². The molecular weight excluding hydrogens is 344 g/mol. The van der Waals surface area contributed by atoms with Crippen LogP contribution in [0.25, 0.3) is 21.2 Å². The van der Waals surface area contributed by atoms with Crippen molar-refractivity contribution < 1.29 is 0 Å². The second-order valence-electron chi connectivity index (χ2n) is 7.81. The van der Waals surface area contributed by atoms with Crippen LogP contribution in [0.2, 0.25) is 0 Å². The Balaban J connectivity index is 1.37. The van der Waals surface area contributed by atoms with E-state index >= 15 is 0 Å². The van der Waals surface area contributed by atoms with E-state index < -0.39 is 0 Å². The topological polar surface area (TPSA) is 0 Å². The zero-order chi connectivity index (χ0) is 18.7. The van der Waals surface area contributed by atoms with Crippen molar-refractivity contribution in [1.82, 2.24) is 0 Å². The number of rotatable bonds is 12. The van der Waals surface area contributed by atoms with E-state index in [1.807, 2.05) is 11.3 Å². The fraction of sp³-hybridized carbons (Fsp3) is 0.462. The maximum Gasteiger partial charge on any atom is 0.0345 e. The van der Waals surface area contributed by atoms with Crippen LogP contribution in [0, 0.1) is 0 Å². The standard InChI is InChI=1S/C26H34S/c1-2-3-4-5-6-7-8-9-10-11-14-22-19-26(27-21-22)25-18-17-23-15-12-13-16-24(23)20-25/h12-13,15-21H,2-11,14H2,1H3. The van der Waals surface area contributed by atoms with Gasteiger partial charge in [0.25, 0.3) is 0 Å². The zero-order valence-corrected chi connectivity index (χ0v) is 17.7. The minimum Gasteiger partial charge on any atom is -0.144 e. The minimum absolute atomic E-state index is 1.24. The molecule has 0 aliphatic carbocycles. The van der Waals surface area contributed by atoms with Gasteiger partial charge in [-0.3, -0.25) is 0 Å². The van der Waals surface area contributed by atoms with Crippen molar-refractivity contribution in [1.29, 1.82) is 0 Å². The first-order valence-corrected chi connectivity index (χ1v) is 11.8. The summed E-state index contributed by atoms with van der Waals surface area (Å²) < 4.78 is 0. The molecule has 0 aliphatic heterocycles. The summed E-state index contributed by atoms with van der Waals surface area (Å²) in [5, 5.41) is 5.01. The lowest BCUT2D eigenvalue weighted by Crippen LogP contribution is -1.84. The molecule has 0 saturated heterocycles. The van der Waals surface area contributed by atoms with Crippen molar-refractivity contribution in [2.24, 2.45) is 0 Å². The third-order valence-electron chi connectivity index (χ3n) is 5.51. The second kappa shape index (κ2) is 11.3. The Morgan fingerprint density at radius 1 is 0.667 bits per heavy atom. The van der Waals surface area contributed by atoms with E-state index in [9.17, 15) is 0 Å². The van der Waals surface area contributed by atoms with Crippen LogP contribution >= 0.6 is 11.3 Å². The fourth-order valence-corrected chi connectivity index (χ4v) is 4.76. The molecule has 27 heavy (non-hydrogen) atoms. The molecule has 0 aliphatic rings. The van der Waals surface area contributed by atoms with Crippen molar-refractivity contribution in [2.75, 3.05) is 0 Å². The van der Waals surface area contributed by atoms with E-state index in [1.165, 1.54) is 97.4 Å². The highest BCUT2D eigenvalue weighted by molar-refractivity contribution is 7.13. The first kappa shape index (κ1) is 20.1. The van der Waals surface area contributed by atoms with Crippen LogP contribution < -0.4 is 0 Å². The number of hydrogen-bond donors (Lipinski definition) is 0. The molecule has 0 saturated carbocycles. The van der Waals surface area contributed by atoms with E-state index in [0.29, 0.717) is 0 Å². The molecule has 1 heterocycles. The molecule has 0 radical (unpaired) electrons. The largest absolute Gasteiger partial charge is 0.144 e. The Labute approximate surface area is 169 Å². The smallest absolute Gasteiger partial charge is 0.0345 e. The summed E-state index contributed by atoms with van der Waals surface area (Å²) in [5.74, 6) is 0. The maximum absolute atomic E-state index is 2.41. The van der Waals surface area contributed by atoms with Gasteiger partial charge < -0.3 is 0 Å². The van der Waals surface area contributed by atoms with Gasteiger partial charge in [0.15, 0.2) is 0 Å². The molecule has 144 valence electrons. The first-order valence-electron chi connectivity index (χ1n) is 10.9. The molecule has 0 N–H and O–H groups in total. The second-order valence-corrected chi connectivity index (χ2v) is 8.72. The lowest BCUT2D eigenvalue weighted by Gasteiger charge is -2.02. The molecule has 0 fully saturated rings. The number of hydrogen-bond acceptors (Lipinski definition) is 1. The fourth-order valence-electron chi connectivity index (χ4n) is 3.82. The highest BCUT2D eigenvalue weighted by Crippen LogP contribution is 2.30. The van der Waals surface area contributed by atoms with Crippen LogP contribution in [0.5, 0.6) is 0 Å². The Bertz CT molecular complexity index is 799. The van der Waals surface area contributed by atoms with Gasteiger partial charge in [-0.15, -0.1) is 11.3 Å². The van der Waals surface area contributed by atoms with Gasteiger partial charge in [-0.2, -0.15) is 0 Å². The van der Waals surface area contributed by atoms with Crippen LogP contribution in [-0.2, 0) is 6.42 Å². The molecule has 1 heteroatoms. The van der Waals surface area contributed by atoms with Gasteiger partial charge in [0.1, 0.15) is 0 Å². The van der Waals surface area contributed by atoms with Crippen LogP contribution in [0.4, 0.5) is 0 Å². The number of unbranched alkanes of at least 4 members (excludes halogenated alkanes) is 9. The van der Waals surface area contributed by atoms with Gasteiger partial charge in [0, 0.05) is 4.88 Å². The highest BCUT2D eigenvalue weighted by Gasteiger charge is 2.04. The molecule has 0 spiro atoms. The molecule has 2 aromatic carbocycles. The van der Waals surface area contributed by atoms with Gasteiger partial charge >= 0.3 is 0 Å². The molecule has 0 unspecified atom stereocenters. The van der Waals surface area contributed by atoms with Crippen molar-refractivity contribution in [2.45, 2.75) is 77.6 Å². The molecular formula is C26H34S. The summed E-state index contributed by atoms with van der Waals surface area (Å²) in [4.78, 5) is 1.41. The third kappa shape index (κ3) is 6.50. The van der Waals surface area contributed by atoms with Gasteiger partial charge in [-0.05, 0) is 52.3 Å². The Kier molecular flexibility index (Phi) is 8.42. The SMILES string of the molecule is CCCCCCCCCCCCc1csc(-c2ccc3ccccc3c2)c1. The summed E-state index contributed by atoms with van der Waals surface area (Å²) in [6, 6.07) is 17.9. The van der Waals surface area contributed by atoms with Crippen LogP contribution in [0.15, 0.2) is 53.9 Å². The predicted molar refractivity (Wildman–Crippen MR) is 123 cm³/mol.